The van der Waals surface area contributed by atoms with Crippen LogP contribution < -0.4 is 10.1 Å². The zero-order chi connectivity index (χ0) is 13.7. The predicted octanol–water partition coefficient (Wildman–Crippen LogP) is 3.15. The Labute approximate surface area is 116 Å². The summed E-state index contributed by atoms with van der Waals surface area (Å²) in [7, 11) is 0. The third-order valence-electron chi connectivity index (χ3n) is 3.74. The van der Waals surface area contributed by atoms with E-state index in [4.69, 9.17) is 4.74 Å². The smallest absolute Gasteiger partial charge is 0.157 e. The summed E-state index contributed by atoms with van der Waals surface area (Å²) in [5.74, 6) is 0.867. The lowest BCUT2D eigenvalue weighted by molar-refractivity contribution is 0.205. The molecule has 108 valence electrons. The van der Waals surface area contributed by atoms with E-state index in [1.165, 1.54) is 32.1 Å². The summed E-state index contributed by atoms with van der Waals surface area (Å²) in [4.78, 5) is 0. The molecule has 1 N–H and O–H groups in total. The number of aromatic nitrogens is 2. The number of nitrogens with one attached hydrogen (secondary N) is 1. The molecule has 19 heavy (non-hydrogen) atoms. The van der Waals surface area contributed by atoms with Gasteiger partial charge in [-0.25, -0.2) is 0 Å². The first-order valence-electron chi connectivity index (χ1n) is 7.59. The lowest BCUT2D eigenvalue weighted by Gasteiger charge is -2.24. The molecule has 1 aromatic heterocycles. The Morgan fingerprint density at radius 3 is 2.68 bits per heavy atom. The van der Waals surface area contributed by atoms with Crippen LogP contribution >= 0.6 is 0 Å². The van der Waals surface area contributed by atoms with E-state index in [9.17, 15) is 0 Å². The molecule has 0 bridgehead atoms. The number of hydrogen-bond donors (Lipinski definition) is 1. The predicted molar refractivity (Wildman–Crippen MR) is 77.6 cm³/mol. The van der Waals surface area contributed by atoms with Crippen molar-refractivity contribution in [3.8, 4) is 5.75 Å². The van der Waals surface area contributed by atoms with Gasteiger partial charge in [-0.15, -0.1) is 0 Å². The molecule has 0 spiro atoms. The number of nitrogens with zero attached hydrogens (tertiary/aromatic N) is 2. The highest BCUT2D eigenvalue weighted by Crippen LogP contribution is 2.18. The van der Waals surface area contributed by atoms with Crippen molar-refractivity contribution in [1.82, 2.24) is 15.1 Å². The molecule has 1 atom stereocenters. The van der Waals surface area contributed by atoms with Gasteiger partial charge in [0.1, 0.15) is 6.10 Å². The quantitative estimate of drug-likeness (QED) is 0.858. The van der Waals surface area contributed by atoms with E-state index in [1.807, 2.05) is 10.9 Å². The highest BCUT2D eigenvalue weighted by atomic mass is 16.5. The SMILES string of the molecule is CC(CNC1CCCCC1)Oc1cnn(C(C)C)c1. The van der Waals surface area contributed by atoms with E-state index < -0.39 is 0 Å². The first-order valence-corrected chi connectivity index (χ1v) is 7.59. The molecule has 1 aliphatic rings. The molecule has 2 rings (SSSR count). The first kappa shape index (κ1) is 14.4. The Kier molecular flexibility index (Phi) is 5.25. The van der Waals surface area contributed by atoms with Crippen LogP contribution in [0.25, 0.3) is 0 Å². The lowest BCUT2D eigenvalue weighted by Crippen LogP contribution is -2.37. The Balaban J connectivity index is 1.72. The monoisotopic (exact) mass is 265 g/mol. The summed E-state index contributed by atoms with van der Waals surface area (Å²) in [6.07, 6.45) is 10.7. The number of hydrogen-bond acceptors (Lipinski definition) is 3. The van der Waals surface area contributed by atoms with Crippen LogP contribution in [-0.4, -0.2) is 28.5 Å². The molecule has 1 aliphatic carbocycles. The third kappa shape index (κ3) is 4.53. The second-order valence-electron chi connectivity index (χ2n) is 5.92. The molecule has 0 aromatic carbocycles. The van der Waals surface area contributed by atoms with Crippen LogP contribution in [0.4, 0.5) is 0 Å². The van der Waals surface area contributed by atoms with Crippen molar-refractivity contribution in [2.45, 2.75) is 71.1 Å². The Bertz CT molecular complexity index is 369. The van der Waals surface area contributed by atoms with Gasteiger partial charge in [0, 0.05) is 18.6 Å². The fourth-order valence-corrected chi connectivity index (χ4v) is 2.58. The Hall–Kier alpha value is -1.03. The molecular weight excluding hydrogens is 238 g/mol. The van der Waals surface area contributed by atoms with E-state index in [0.717, 1.165) is 12.3 Å². The second kappa shape index (κ2) is 6.94. The summed E-state index contributed by atoms with van der Waals surface area (Å²) in [6, 6.07) is 1.08. The van der Waals surface area contributed by atoms with E-state index in [-0.39, 0.29) is 6.10 Å². The molecule has 4 heteroatoms. The van der Waals surface area contributed by atoms with Gasteiger partial charge in [-0.05, 0) is 33.6 Å². The zero-order valence-electron chi connectivity index (χ0n) is 12.4. The van der Waals surface area contributed by atoms with Crippen molar-refractivity contribution in [3.05, 3.63) is 12.4 Å². The summed E-state index contributed by atoms with van der Waals surface area (Å²) < 4.78 is 7.82. The maximum absolute atomic E-state index is 5.89. The molecule has 1 aromatic rings. The lowest BCUT2D eigenvalue weighted by atomic mass is 9.95. The van der Waals surface area contributed by atoms with Gasteiger partial charge in [0.25, 0.3) is 0 Å². The van der Waals surface area contributed by atoms with Gasteiger partial charge >= 0.3 is 0 Å². The third-order valence-corrected chi connectivity index (χ3v) is 3.74. The van der Waals surface area contributed by atoms with Gasteiger partial charge in [0.2, 0.25) is 0 Å². The van der Waals surface area contributed by atoms with Gasteiger partial charge in [0.05, 0.1) is 12.4 Å². The molecule has 4 nitrogen and oxygen atoms in total. The minimum absolute atomic E-state index is 0.187. The van der Waals surface area contributed by atoms with Crippen molar-refractivity contribution >= 4 is 0 Å². The van der Waals surface area contributed by atoms with E-state index in [2.05, 4.69) is 31.2 Å². The fourth-order valence-electron chi connectivity index (χ4n) is 2.58. The van der Waals surface area contributed by atoms with E-state index >= 15 is 0 Å². The summed E-state index contributed by atoms with van der Waals surface area (Å²) in [5, 5.41) is 7.91. The summed E-state index contributed by atoms with van der Waals surface area (Å²) in [6.45, 7) is 7.26. The van der Waals surface area contributed by atoms with E-state index in [0.29, 0.717) is 12.1 Å². The molecule has 0 aliphatic heterocycles. The van der Waals surface area contributed by atoms with Gasteiger partial charge in [-0.3, -0.25) is 4.68 Å². The Morgan fingerprint density at radius 1 is 1.32 bits per heavy atom. The standard InChI is InChI=1S/C15H27N3O/c1-12(2)18-11-15(10-17-18)19-13(3)9-16-14-7-5-4-6-8-14/h10-14,16H,4-9H2,1-3H3. The molecular formula is C15H27N3O. The van der Waals surface area contributed by atoms with Crippen LogP contribution in [0.3, 0.4) is 0 Å². The van der Waals surface area contributed by atoms with Crippen LogP contribution in [-0.2, 0) is 0 Å². The normalized spacial score (nSPS) is 18.7. The number of ether oxygens (including phenoxy) is 1. The average molecular weight is 265 g/mol. The molecule has 0 amide bonds. The van der Waals surface area contributed by atoms with Gasteiger partial charge in [0.15, 0.2) is 5.75 Å². The highest BCUT2D eigenvalue weighted by Gasteiger charge is 2.14. The average Bonchev–Trinajstić information content (AvgIpc) is 2.86. The fraction of sp³-hybridized carbons (Fsp3) is 0.800. The minimum Gasteiger partial charge on any atom is -0.486 e. The highest BCUT2D eigenvalue weighted by molar-refractivity contribution is 5.12. The first-order chi connectivity index (χ1) is 9.15. The molecule has 0 saturated heterocycles. The minimum atomic E-state index is 0.187. The molecule has 1 fully saturated rings. The van der Waals surface area contributed by atoms with Crippen molar-refractivity contribution in [2.24, 2.45) is 0 Å². The van der Waals surface area contributed by atoms with Gasteiger partial charge in [-0.2, -0.15) is 5.10 Å². The molecule has 1 heterocycles. The summed E-state index contributed by atoms with van der Waals surface area (Å²) in [5.41, 5.74) is 0. The van der Waals surface area contributed by atoms with E-state index in [1.54, 1.807) is 6.20 Å². The molecule has 1 saturated carbocycles. The van der Waals surface area contributed by atoms with Crippen molar-refractivity contribution in [3.63, 3.8) is 0 Å². The zero-order valence-corrected chi connectivity index (χ0v) is 12.4. The van der Waals surface area contributed by atoms with Crippen LogP contribution in [0.5, 0.6) is 5.75 Å². The maximum Gasteiger partial charge on any atom is 0.157 e. The Morgan fingerprint density at radius 2 is 2.05 bits per heavy atom. The van der Waals surface area contributed by atoms with Gasteiger partial charge in [-0.1, -0.05) is 19.3 Å². The second-order valence-corrected chi connectivity index (χ2v) is 5.92. The van der Waals surface area contributed by atoms with Crippen LogP contribution in [0.1, 0.15) is 58.9 Å². The molecule has 1 unspecified atom stereocenters. The van der Waals surface area contributed by atoms with Gasteiger partial charge < -0.3 is 10.1 Å². The topological polar surface area (TPSA) is 39.1 Å². The summed E-state index contributed by atoms with van der Waals surface area (Å²) >= 11 is 0. The van der Waals surface area contributed by atoms with Crippen LogP contribution in [0, 0.1) is 0 Å². The van der Waals surface area contributed by atoms with Crippen LogP contribution in [0.2, 0.25) is 0 Å². The van der Waals surface area contributed by atoms with Crippen LogP contribution in [0.15, 0.2) is 12.4 Å². The maximum atomic E-state index is 5.89. The molecule has 0 radical (unpaired) electrons. The number of rotatable bonds is 6. The van der Waals surface area contributed by atoms with Crippen molar-refractivity contribution < 1.29 is 4.74 Å². The largest absolute Gasteiger partial charge is 0.486 e. The van der Waals surface area contributed by atoms with Crippen molar-refractivity contribution in [1.29, 1.82) is 0 Å². The van der Waals surface area contributed by atoms with Crippen molar-refractivity contribution in [2.75, 3.05) is 6.54 Å².